The van der Waals surface area contributed by atoms with Gasteiger partial charge in [-0.2, -0.15) is 12.7 Å². The van der Waals surface area contributed by atoms with Gasteiger partial charge in [-0.05, 0) is 59.1 Å². The number of imidazole rings is 1. The largest absolute Gasteiger partial charge is 0.504 e. The Hall–Kier alpha value is -4.86. The molecular weight excluding hydrogens is 722 g/mol. The van der Waals surface area contributed by atoms with Gasteiger partial charge in [-0.1, -0.05) is 65.7 Å². The molecule has 0 unspecified atom stereocenters. The predicted octanol–water partition coefficient (Wildman–Crippen LogP) is 8.80. The number of nitrogens with zero attached hydrogens (tertiary/aromatic N) is 5. The molecule has 3 heterocycles. The van der Waals surface area contributed by atoms with E-state index in [1.165, 1.54) is 21.8 Å². The number of hydrogen-bond acceptors (Lipinski definition) is 3. The summed E-state index contributed by atoms with van der Waals surface area (Å²) in [6.45, 7) is 2.12. The van der Waals surface area contributed by atoms with E-state index in [0.29, 0.717) is 0 Å². The molecule has 1 aliphatic rings. The van der Waals surface area contributed by atoms with Crippen LogP contribution in [0.1, 0.15) is 0 Å². The molecule has 1 aliphatic heterocycles. The van der Waals surface area contributed by atoms with Gasteiger partial charge in [0.15, 0.2) is 0 Å². The summed E-state index contributed by atoms with van der Waals surface area (Å²) < 4.78 is 4.46. The zero-order valence-corrected chi connectivity index (χ0v) is 26.4. The Morgan fingerprint density at radius 2 is 1.36 bits per heavy atom. The zero-order valence-electron chi connectivity index (χ0n) is 24.1. The third kappa shape index (κ3) is 3.93. The normalized spacial score (nSPS) is 12.9. The molecule has 0 aliphatic carbocycles. The summed E-state index contributed by atoms with van der Waals surface area (Å²) in [5.41, 5.74) is 9.45. The van der Waals surface area contributed by atoms with Gasteiger partial charge in [-0.15, -0.1) is 47.6 Å². The maximum Gasteiger partial charge on any atom is 0.0777 e. The molecule has 5 nitrogen and oxygen atoms in total. The Bertz CT molecular complexity index is 2380. The van der Waals surface area contributed by atoms with Crippen molar-refractivity contribution in [3.63, 3.8) is 0 Å². The minimum atomic E-state index is 0. The van der Waals surface area contributed by atoms with Crippen molar-refractivity contribution in [1.29, 1.82) is 0 Å². The van der Waals surface area contributed by atoms with Crippen molar-refractivity contribution in [2.45, 2.75) is 0 Å². The van der Waals surface area contributed by atoms with E-state index in [1.54, 1.807) is 0 Å². The first-order chi connectivity index (χ1) is 21.1. The van der Waals surface area contributed by atoms with Crippen molar-refractivity contribution in [1.82, 2.24) is 14.1 Å². The van der Waals surface area contributed by atoms with Gasteiger partial charge in [0, 0.05) is 45.0 Å². The molecular formula is C38H26N5Pt-3. The number of fused-ring (bicyclic) bond motifs is 6. The van der Waals surface area contributed by atoms with Gasteiger partial charge in [-0.3, -0.25) is 4.98 Å². The molecule has 0 saturated heterocycles. The molecule has 0 N–H and O–H groups in total. The minimum absolute atomic E-state index is 0. The standard InChI is InChI=1S/C38H26N5.Pt/c1-40-24-42(35-17-8-7-16-34(35)40)28-12-9-13-29(23-28)43-33-15-6-5-14-30(33)31-19-18-27(22-36(31)43)38-39-32-20-25-10-3-4-11-26(25)21-37(32)41(38)2;/h3-21,24H,1-2H3;/q-3;. The van der Waals surface area contributed by atoms with Crippen LogP contribution in [-0.2, 0) is 28.1 Å². The molecule has 6 aromatic carbocycles. The maximum atomic E-state index is 5.09. The summed E-state index contributed by atoms with van der Waals surface area (Å²) in [5.74, 6) is 0.896. The zero-order chi connectivity index (χ0) is 28.7. The summed E-state index contributed by atoms with van der Waals surface area (Å²) in [6.07, 6.45) is 0. The van der Waals surface area contributed by atoms with Gasteiger partial charge in [0.2, 0.25) is 0 Å². The quantitative estimate of drug-likeness (QED) is 0.169. The van der Waals surface area contributed by atoms with Crippen LogP contribution in [-0.4, -0.2) is 21.2 Å². The van der Waals surface area contributed by atoms with E-state index in [9.17, 15) is 0 Å². The molecule has 0 radical (unpaired) electrons. The molecule has 0 fully saturated rings. The SMILES string of the molecule is CN1[CH-]N(c2[c-]c(-n3c4[c-]c(-c5nc6cc7ccccc7cc6n5C)ccc4c4ccccc43)ccc2)c2ccccc21.[Pt]. The summed E-state index contributed by atoms with van der Waals surface area (Å²) in [5, 5.41) is 4.75. The molecule has 0 saturated carbocycles. The molecule has 6 heteroatoms. The van der Waals surface area contributed by atoms with E-state index >= 15 is 0 Å². The van der Waals surface area contributed by atoms with Crippen LogP contribution in [0.5, 0.6) is 0 Å². The fourth-order valence-electron chi connectivity index (χ4n) is 6.56. The minimum Gasteiger partial charge on any atom is -0.504 e. The van der Waals surface area contributed by atoms with Gasteiger partial charge < -0.3 is 18.9 Å². The molecule has 9 rings (SSSR count). The van der Waals surface area contributed by atoms with Crippen LogP contribution >= 0.6 is 0 Å². The first-order valence-corrected chi connectivity index (χ1v) is 14.4. The fourth-order valence-corrected chi connectivity index (χ4v) is 6.56. The Labute approximate surface area is 269 Å². The Morgan fingerprint density at radius 1 is 0.636 bits per heavy atom. The number of hydrogen-bond donors (Lipinski definition) is 0. The first kappa shape index (κ1) is 26.7. The van der Waals surface area contributed by atoms with Crippen LogP contribution in [0.4, 0.5) is 17.1 Å². The van der Waals surface area contributed by atoms with Crippen LogP contribution in [0.2, 0.25) is 0 Å². The monoisotopic (exact) mass is 747 g/mol. The Balaban J connectivity index is 0.00000289. The summed E-state index contributed by atoms with van der Waals surface area (Å²) >= 11 is 0. The maximum absolute atomic E-state index is 5.09. The third-order valence-corrected chi connectivity index (χ3v) is 8.65. The van der Waals surface area contributed by atoms with Gasteiger partial charge in [0.1, 0.15) is 0 Å². The molecule has 2 aromatic heterocycles. The van der Waals surface area contributed by atoms with Crippen LogP contribution < -0.4 is 9.80 Å². The summed E-state index contributed by atoms with van der Waals surface area (Å²) in [7, 11) is 4.17. The van der Waals surface area contributed by atoms with Crippen molar-refractivity contribution < 1.29 is 21.1 Å². The average molecular weight is 748 g/mol. The second kappa shape index (κ2) is 10.1. The second-order valence-electron chi connectivity index (χ2n) is 11.2. The molecule has 8 aromatic rings. The van der Waals surface area contributed by atoms with E-state index in [1.807, 2.05) is 0 Å². The molecule has 0 bridgehead atoms. The molecule has 0 amide bonds. The van der Waals surface area contributed by atoms with Crippen molar-refractivity contribution in [3.8, 4) is 17.1 Å². The number of rotatable bonds is 3. The van der Waals surface area contributed by atoms with Crippen LogP contribution in [0, 0.1) is 18.8 Å². The van der Waals surface area contributed by atoms with E-state index in [2.05, 4.69) is 167 Å². The van der Waals surface area contributed by atoms with Crippen molar-refractivity contribution >= 4 is 60.7 Å². The van der Waals surface area contributed by atoms with Gasteiger partial charge in [0.25, 0.3) is 0 Å². The number of aryl methyl sites for hydroxylation is 1. The Morgan fingerprint density at radius 3 is 2.23 bits per heavy atom. The van der Waals surface area contributed by atoms with E-state index < -0.39 is 0 Å². The summed E-state index contributed by atoms with van der Waals surface area (Å²) in [4.78, 5) is 9.44. The number of para-hydroxylation sites is 3. The fraction of sp³-hybridized carbons (Fsp3) is 0.0526. The van der Waals surface area contributed by atoms with E-state index in [-0.39, 0.29) is 21.1 Å². The van der Waals surface area contributed by atoms with Gasteiger partial charge in [0.05, 0.1) is 16.9 Å². The average Bonchev–Trinajstić information content (AvgIpc) is 3.68. The van der Waals surface area contributed by atoms with Crippen molar-refractivity contribution in [2.24, 2.45) is 7.05 Å². The van der Waals surface area contributed by atoms with Crippen LogP contribution in [0.3, 0.4) is 0 Å². The first-order valence-electron chi connectivity index (χ1n) is 14.4. The molecule has 44 heavy (non-hydrogen) atoms. The molecule has 0 spiro atoms. The van der Waals surface area contributed by atoms with E-state index in [0.717, 1.165) is 55.9 Å². The number of benzene rings is 6. The third-order valence-electron chi connectivity index (χ3n) is 8.65. The summed E-state index contributed by atoms with van der Waals surface area (Å²) in [6, 6.07) is 48.1. The molecule has 216 valence electrons. The van der Waals surface area contributed by atoms with Crippen molar-refractivity contribution in [3.05, 3.63) is 134 Å². The van der Waals surface area contributed by atoms with Crippen LogP contribution in [0.25, 0.3) is 60.7 Å². The van der Waals surface area contributed by atoms with E-state index in [4.69, 9.17) is 4.98 Å². The van der Waals surface area contributed by atoms with Crippen LogP contribution in [0.15, 0.2) is 115 Å². The molecule has 0 atom stereocenters. The topological polar surface area (TPSA) is 29.2 Å². The van der Waals surface area contributed by atoms with Gasteiger partial charge >= 0.3 is 0 Å². The van der Waals surface area contributed by atoms with Gasteiger partial charge in [-0.25, -0.2) is 0 Å². The second-order valence-corrected chi connectivity index (χ2v) is 11.2. The Kier molecular flexibility index (Phi) is 6.14. The predicted molar refractivity (Wildman–Crippen MR) is 177 cm³/mol. The number of anilines is 3. The van der Waals surface area contributed by atoms with Crippen molar-refractivity contribution in [2.75, 3.05) is 16.8 Å². The smallest absolute Gasteiger partial charge is 0.0777 e. The number of aromatic nitrogens is 3.